The van der Waals surface area contributed by atoms with Gasteiger partial charge in [0.05, 0.1) is 11.4 Å². The van der Waals surface area contributed by atoms with Crippen molar-refractivity contribution in [3.05, 3.63) is 45.9 Å². The Balaban J connectivity index is 1.95. The molecule has 0 radical (unpaired) electrons. The van der Waals surface area contributed by atoms with Gasteiger partial charge in [-0.1, -0.05) is 18.2 Å². The van der Waals surface area contributed by atoms with Gasteiger partial charge in [0.1, 0.15) is 5.01 Å². The van der Waals surface area contributed by atoms with Crippen LogP contribution in [0.25, 0.3) is 0 Å². The van der Waals surface area contributed by atoms with Crippen molar-refractivity contribution in [3.8, 4) is 0 Å². The highest BCUT2D eigenvalue weighted by atomic mass is 32.2. The summed E-state index contributed by atoms with van der Waals surface area (Å²) in [4.78, 5) is 5.90. The third-order valence-corrected chi connectivity index (χ3v) is 4.71. The van der Waals surface area contributed by atoms with Crippen molar-refractivity contribution in [2.75, 3.05) is 6.54 Å². The number of benzene rings is 1. The van der Waals surface area contributed by atoms with Crippen molar-refractivity contribution in [1.82, 2.24) is 4.98 Å². The Labute approximate surface area is 110 Å². The highest BCUT2D eigenvalue weighted by Crippen LogP contribution is 2.26. The summed E-state index contributed by atoms with van der Waals surface area (Å²) in [5.74, 6) is 0.945. The van der Waals surface area contributed by atoms with Gasteiger partial charge in [0, 0.05) is 16.7 Å². The summed E-state index contributed by atoms with van der Waals surface area (Å²) in [7, 11) is 0. The molecule has 0 aliphatic rings. The minimum absolute atomic E-state index is 0.675. The molecule has 2 aromatic rings. The molecule has 0 atom stereocenters. The normalized spacial score (nSPS) is 10.7. The number of aromatic nitrogens is 1. The molecule has 0 unspecified atom stereocenters. The number of nitrogens with zero attached hydrogens (tertiary/aromatic N) is 1. The van der Waals surface area contributed by atoms with Crippen LogP contribution in [0.3, 0.4) is 0 Å². The molecule has 0 aliphatic heterocycles. The number of thioether (sulfide) groups is 1. The fraction of sp³-hybridized carbons (Fsp3) is 0.308. The molecule has 2 rings (SSSR count). The van der Waals surface area contributed by atoms with E-state index in [4.69, 9.17) is 5.73 Å². The van der Waals surface area contributed by atoms with Gasteiger partial charge >= 0.3 is 0 Å². The third-order valence-electron chi connectivity index (χ3n) is 2.44. The monoisotopic (exact) mass is 264 g/mol. The number of aryl methyl sites for hydroxylation is 1. The van der Waals surface area contributed by atoms with Crippen LogP contribution in [-0.2, 0) is 12.2 Å². The first-order valence-electron chi connectivity index (χ1n) is 5.61. The summed E-state index contributed by atoms with van der Waals surface area (Å²) in [6.45, 7) is 2.82. The average Bonchev–Trinajstić information content (AvgIpc) is 2.76. The molecule has 4 heteroatoms. The maximum atomic E-state index is 5.51. The van der Waals surface area contributed by atoms with Crippen molar-refractivity contribution < 1.29 is 0 Å². The molecule has 1 aromatic carbocycles. The molecule has 1 aromatic heterocycles. The first-order chi connectivity index (χ1) is 8.29. The van der Waals surface area contributed by atoms with Gasteiger partial charge < -0.3 is 5.73 Å². The minimum Gasteiger partial charge on any atom is -0.330 e. The summed E-state index contributed by atoms with van der Waals surface area (Å²) in [5, 5.41) is 3.29. The molecule has 0 saturated heterocycles. The molecule has 0 bridgehead atoms. The number of thiazole rings is 1. The lowest BCUT2D eigenvalue weighted by atomic mass is 10.2. The second-order valence-electron chi connectivity index (χ2n) is 3.83. The first kappa shape index (κ1) is 12.6. The molecule has 0 fully saturated rings. The minimum atomic E-state index is 0.675. The molecular formula is C13H16N2S2. The van der Waals surface area contributed by atoms with E-state index in [9.17, 15) is 0 Å². The van der Waals surface area contributed by atoms with Gasteiger partial charge in [-0.05, 0) is 25.1 Å². The number of hydrogen-bond acceptors (Lipinski definition) is 4. The quantitative estimate of drug-likeness (QED) is 0.843. The van der Waals surface area contributed by atoms with Crippen molar-refractivity contribution in [2.45, 2.75) is 24.0 Å². The maximum Gasteiger partial charge on any atom is 0.103 e. The van der Waals surface area contributed by atoms with Crippen LogP contribution in [0, 0.1) is 6.92 Å². The SMILES string of the molecule is Cc1ccccc1SCc1nc(CCN)cs1. The fourth-order valence-corrected chi connectivity index (χ4v) is 3.41. The molecule has 2 N–H and O–H groups in total. The van der Waals surface area contributed by atoms with Gasteiger partial charge in [-0.3, -0.25) is 0 Å². The van der Waals surface area contributed by atoms with Crippen LogP contribution in [-0.4, -0.2) is 11.5 Å². The topological polar surface area (TPSA) is 38.9 Å². The Hall–Kier alpha value is -0.840. The molecule has 0 aliphatic carbocycles. The zero-order chi connectivity index (χ0) is 12.1. The van der Waals surface area contributed by atoms with E-state index in [-0.39, 0.29) is 0 Å². The van der Waals surface area contributed by atoms with Gasteiger partial charge in [0.2, 0.25) is 0 Å². The van der Waals surface area contributed by atoms with Crippen molar-refractivity contribution in [3.63, 3.8) is 0 Å². The van der Waals surface area contributed by atoms with Crippen LogP contribution in [0.4, 0.5) is 0 Å². The Bertz CT molecular complexity index is 480. The van der Waals surface area contributed by atoms with Crippen LogP contribution in [0.1, 0.15) is 16.3 Å². The lowest BCUT2D eigenvalue weighted by molar-refractivity contribution is 0.928. The van der Waals surface area contributed by atoms with Crippen LogP contribution in [0.2, 0.25) is 0 Å². The molecule has 90 valence electrons. The van der Waals surface area contributed by atoms with Gasteiger partial charge in [-0.25, -0.2) is 4.98 Å². The molecule has 0 spiro atoms. The van der Waals surface area contributed by atoms with Crippen molar-refractivity contribution in [1.29, 1.82) is 0 Å². The summed E-state index contributed by atoms with van der Waals surface area (Å²) in [6, 6.07) is 8.46. The van der Waals surface area contributed by atoms with E-state index in [2.05, 4.69) is 41.6 Å². The first-order valence-corrected chi connectivity index (χ1v) is 7.48. The van der Waals surface area contributed by atoms with E-state index in [0.29, 0.717) is 6.54 Å². The summed E-state index contributed by atoms with van der Waals surface area (Å²) in [6.07, 6.45) is 0.880. The Morgan fingerprint density at radius 2 is 2.18 bits per heavy atom. The second kappa shape index (κ2) is 6.19. The zero-order valence-electron chi connectivity index (χ0n) is 9.85. The molecular weight excluding hydrogens is 248 g/mol. The van der Waals surface area contributed by atoms with Crippen LogP contribution in [0.15, 0.2) is 34.5 Å². The number of hydrogen-bond donors (Lipinski definition) is 1. The van der Waals surface area contributed by atoms with Gasteiger partial charge in [0.15, 0.2) is 0 Å². The second-order valence-corrected chi connectivity index (χ2v) is 5.79. The summed E-state index contributed by atoms with van der Waals surface area (Å²) in [5.41, 5.74) is 7.97. The van der Waals surface area contributed by atoms with Crippen LogP contribution in [0.5, 0.6) is 0 Å². The predicted octanol–water partition coefficient (Wildman–Crippen LogP) is 3.25. The standard InChI is InChI=1S/C13H16N2S2/c1-10-4-2-3-5-12(10)16-9-13-15-11(6-7-14)8-17-13/h2-5,8H,6-7,9,14H2,1H3. The fourth-order valence-electron chi connectivity index (χ4n) is 1.54. The Morgan fingerprint density at radius 3 is 2.94 bits per heavy atom. The van der Waals surface area contributed by atoms with Crippen LogP contribution >= 0.6 is 23.1 Å². The smallest absolute Gasteiger partial charge is 0.103 e. The van der Waals surface area contributed by atoms with E-state index in [0.717, 1.165) is 17.9 Å². The molecule has 17 heavy (non-hydrogen) atoms. The average molecular weight is 264 g/mol. The Morgan fingerprint density at radius 1 is 1.35 bits per heavy atom. The predicted molar refractivity (Wildman–Crippen MR) is 75.6 cm³/mol. The zero-order valence-corrected chi connectivity index (χ0v) is 11.5. The van der Waals surface area contributed by atoms with Gasteiger partial charge in [-0.2, -0.15) is 0 Å². The lowest BCUT2D eigenvalue weighted by Gasteiger charge is -2.02. The van der Waals surface area contributed by atoms with E-state index >= 15 is 0 Å². The third kappa shape index (κ3) is 3.56. The largest absolute Gasteiger partial charge is 0.330 e. The van der Waals surface area contributed by atoms with Crippen LogP contribution < -0.4 is 5.73 Å². The molecule has 0 saturated carbocycles. The number of nitrogens with two attached hydrogens (primary N) is 1. The lowest BCUT2D eigenvalue weighted by Crippen LogP contribution is -2.02. The number of rotatable bonds is 5. The van der Waals surface area contributed by atoms with E-state index in [1.54, 1.807) is 11.3 Å². The summed E-state index contributed by atoms with van der Waals surface area (Å²) >= 11 is 3.58. The molecule has 2 nitrogen and oxygen atoms in total. The highest BCUT2D eigenvalue weighted by molar-refractivity contribution is 7.98. The maximum absolute atomic E-state index is 5.51. The summed E-state index contributed by atoms with van der Waals surface area (Å²) < 4.78 is 0. The van der Waals surface area contributed by atoms with E-state index in [1.165, 1.54) is 15.5 Å². The van der Waals surface area contributed by atoms with Gasteiger partial charge in [-0.15, -0.1) is 23.1 Å². The molecule has 1 heterocycles. The van der Waals surface area contributed by atoms with Crippen molar-refractivity contribution >= 4 is 23.1 Å². The van der Waals surface area contributed by atoms with Gasteiger partial charge in [0.25, 0.3) is 0 Å². The van der Waals surface area contributed by atoms with Crippen molar-refractivity contribution in [2.24, 2.45) is 5.73 Å². The van der Waals surface area contributed by atoms with E-state index < -0.39 is 0 Å². The Kier molecular flexibility index (Phi) is 4.59. The molecule has 0 amide bonds. The highest BCUT2D eigenvalue weighted by Gasteiger charge is 2.03. The van der Waals surface area contributed by atoms with E-state index in [1.807, 2.05) is 11.8 Å².